The number of piperidine rings is 1. The number of aromatic nitrogens is 3. The van der Waals surface area contributed by atoms with E-state index in [9.17, 15) is 4.79 Å². The summed E-state index contributed by atoms with van der Waals surface area (Å²) >= 11 is 0. The van der Waals surface area contributed by atoms with E-state index in [4.69, 9.17) is 20.9 Å². The maximum absolute atomic E-state index is 15.9. The van der Waals surface area contributed by atoms with E-state index in [-0.39, 0.29) is 36.0 Å². The molecule has 2 saturated heterocycles. The molecule has 2 fully saturated rings. The van der Waals surface area contributed by atoms with Gasteiger partial charge < -0.3 is 35.3 Å². The van der Waals surface area contributed by atoms with Crippen LogP contribution in [-0.4, -0.2) is 71.4 Å². The first-order valence-corrected chi connectivity index (χ1v) is 16.0. The van der Waals surface area contributed by atoms with Crippen molar-refractivity contribution in [3.05, 3.63) is 76.1 Å². The van der Waals surface area contributed by atoms with Crippen LogP contribution < -0.4 is 36.2 Å². The number of nitrogens with zero attached hydrogens (tertiary/aromatic N) is 6. The minimum Gasteiger partial charge on any atom is -0.487 e. The Hall–Kier alpha value is -4.13. The molecule has 11 nitrogen and oxygen atoms in total. The molecule has 3 aliphatic rings. The largest absolute Gasteiger partial charge is 0.487 e. The van der Waals surface area contributed by atoms with Gasteiger partial charge in [0.25, 0.3) is 0 Å². The second kappa shape index (κ2) is 13.5. The molecule has 0 spiro atoms. The molecule has 13 heteroatoms. The number of halogens is 2. The fraction of sp³-hybridized carbons (Fsp3) is 0.441. The van der Waals surface area contributed by atoms with E-state index in [0.29, 0.717) is 72.4 Å². The van der Waals surface area contributed by atoms with Crippen LogP contribution in [-0.2, 0) is 13.1 Å². The molecule has 2 unspecified atom stereocenters. The zero-order valence-electron chi connectivity index (χ0n) is 26.8. The topological polar surface area (TPSA) is 128 Å². The van der Waals surface area contributed by atoms with E-state index in [0.717, 1.165) is 43.6 Å². The monoisotopic (exact) mass is 664 g/mol. The van der Waals surface area contributed by atoms with Crippen molar-refractivity contribution in [1.82, 2.24) is 19.4 Å². The maximum Gasteiger partial charge on any atom is 0.213 e. The summed E-state index contributed by atoms with van der Waals surface area (Å²) in [6.45, 7) is 6.30. The minimum atomic E-state index is -0.451. The number of hydrogen-bond acceptors (Lipinski definition) is 10. The van der Waals surface area contributed by atoms with Gasteiger partial charge >= 0.3 is 0 Å². The number of ether oxygens (including phenoxy) is 2. The van der Waals surface area contributed by atoms with Gasteiger partial charge in [0.05, 0.1) is 35.9 Å². The van der Waals surface area contributed by atoms with Gasteiger partial charge in [-0.1, -0.05) is 0 Å². The molecule has 1 aromatic carbocycles. The van der Waals surface area contributed by atoms with Crippen LogP contribution in [0.1, 0.15) is 43.4 Å². The van der Waals surface area contributed by atoms with Crippen LogP contribution in [0.15, 0.2) is 53.7 Å². The summed E-state index contributed by atoms with van der Waals surface area (Å²) in [7, 11) is 1.60. The van der Waals surface area contributed by atoms with Gasteiger partial charge in [-0.05, 0) is 56.0 Å². The number of rotatable bonds is 8. The van der Waals surface area contributed by atoms with Crippen molar-refractivity contribution < 1.29 is 13.9 Å². The van der Waals surface area contributed by atoms with E-state index in [2.05, 4.69) is 31.3 Å². The van der Waals surface area contributed by atoms with Crippen LogP contribution in [0.3, 0.4) is 0 Å². The predicted octanol–water partition coefficient (Wildman–Crippen LogP) is 4.11. The summed E-state index contributed by atoms with van der Waals surface area (Å²) in [5.74, 6) is 1.01. The highest BCUT2D eigenvalue weighted by atomic mass is 35.5. The van der Waals surface area contributed by atoms with E-state index >= 15 is 4.39 Å². The van der Waals surface area contributed by atoms with E-state index in [1.165, 1.54) is 6.07 Å². The Labute approximate surface area is 279 Å². The molecule has 6 heterocycles. The number of hydrogen-bond donors (Lipinski definition) is 2. The molecule has 0 aliphatic carbocycles. The molecule has 0 saturated carbocycles. The number of nitrogen functional groups attached to an aromatic ring is 1. The molecule has 3 aliphatic heterocycles. The molecule has 7 rings (SSSR count). The van der Waals surface area contributed by atoms with Crippen molar-refractivity contribution in [2.24, 2.45) is 5.73 Å². The highest BCUT2D eigenvalue weighted by molar-refractivity contribution is 5.92. The second-order valence-electron chi connectivity index (χ2n) is 12.8. The summed E-state index contributed by atoms with van der Waals surface area (Å²) in [5, 5.41) is 0.340. The Morgan fingerprint density at radius 3 is 2.70 bits per heavy atom. The minimum absolute atomic E-state index is 0. The Balaban J connectivity index is 0.00000386. The SMILES string of the molecule is COc1cc(CN(Cc2cn3c4c(c(N5CCC(N)C5)c(F)cc4c2=O)OCC3C)[C@H]2CCCN(c3ccc(N)nc3)C2)ccn1.Cl. The number of benzene rings is 1. The third-order valence-electron chi connectivity index (χ3n) is 9.57. The van der Waals surface area contributed by atoms with Crippen molar-refractivity contribution >= 4 is 40.5 Å². The van der Waals surface area contributed by atoms with Crippen molar-refractivity contribution in [2.75, 3.05) is 55.4 Å². The molecular weight excluding hydrogens is 623 g/mol. The first-order valence-electron chi connectivity index (χ1n) is 16.0. The second-order valence-corrected chi connectivity index (χ2v) is 12.8. The van der Waals surface area contributed by atoms with Gasteiger partial charge in [0.15, 0.2) is 17.0 Å². The average molecular weight is 665 g/mol. The normalized spacial score (nSPS) is 20.7. The van der Waals surface area contributed by atoms with Crippen LogP contribution in [0.5, 0.6) is 11.6 Å². The van der Waals surface area contributed by atoms with E-state index < -0.39 is 5.82 Å². The van der Waals surface area contributed by atoms with Crippen molar-refractivity contribution in [3.8, 4) is 11.6 Å². The molecule has 0 radical (unpaired) electrons. The smallest absolute Gasteiger partial charge is 0.213 e. The van der Waals surface area contributed by atoms with Gasteiger partial charge in [0.1, 0.15) is 18.1 Å². The quantitative estimate of drug-likeness (QED) is 0.284. The first kappa shape index (κ1) is 32.8. The lowest BCUT2D eigenvalue weighted by Gasteiger charge is -2.40. The summed E-state index contributed by atoms with van der Waals surface area (Å²) in [5.41, 5.74) is 15.6. The van der Waals surface area contributed by atoms with Crippen molar-refractivity contribution in [1.29, 1.82) is 0 Å². The molecular formula is C34H42ClFN8O3. The lowest BCUT2D eigenvalue weighted by molar-refractivity contribution is 0.157. The van der Waals surface area contributed by atoms with Gasteiger partial charge in [-0.25, -0.2) is 14.4 Å². The molecule has 3 aromatic heterocycles. The molecule has 4 N–H and O–H groups in total. The third-order valence-corrected chi connectivity index (χ3v) is 9.57. The zero-order valence-corrected chi connectivity index (χ0v) is 27.6. The third kappa shape index (κ3) is 6.41. The van der Waals surface area contributed by atoms with Gasteiger partial charge in [0, 0.05) is 75.4 Å². The van der Waals surface area contributed by atoms with Crippen LogP contribution in [0.25, 0.3) is 10.9 Å². The number of pyridine rings is 3. The van der Waals surface area contributed by atoms with E-state index in [1.807, 2.05) is 41.6 Å². The number of nitrogens with two attached hydrogens (primary N) is 2. The van der Waals surface area contributed by atoms with Crippen LogP contribution >= 0.6 is 12.4 Å². The summed E-state index contributed by atoms with van der Waals surface area (Å²) in [6, 6.07) is 9.22. The molecule has 47 heavy (non-hydrogen) atoms. The number of anilines is 3. The zero-order chi connectivity index (χ0) is 31.9. The van der Waals surface area contributed by atoms with Crippen molar-refractivity contribution in [2.45, 2.75) is 57.4 Å². The molecule has 250 valence electrons. The Morgan fingerprint density at radius 2 is 1.96 bits per heavy atom. The molecule has 0 amide bonds. The van der Waals surface area contributed by atoms with E-state index in [1.54, 1.807) is 13.3 Å². The predicted molar refractivity (Wildman–Crippen MR) is 184 cm³/mol. The van der Waals surface area contributed by atoms with Crippen LogP contribution in [0.2, 0.25) is 0 Å². The van der Waals surface area contributed by atoms with Gasteiger partial charge in [0.2, 0.25) is 5.88 Å². The Bertz CT molecular complexity index is 1810. The Kier molecular flexibility index (Phi) is 9.45. The molecule has 4 aromatic rings. The van der Waals surface area contributed by atoms with Gasteiger partial charge in [-0.3, -0.25) is 9.69 Å². The fourth-order valence-corrected chi connectivity index (χ4v) is 7.17. The molecule has 3 atom stereocenters. The van der Waals surface area contributed by atoms with Crippen molar-refractivity contribution in [3.63, 3.8) is 0 Å². The summed E-state index contributed by atoms with van der Waals surface area (Å²) in [6.07, 6.45) is 8.25. The standard InChI is InChI=1S/C34H41FN8O3.ClH/c1-21-20-46-34-31-27(13-28(35)32(34)41-11-8-24(36)18-41)33(44)23(17-43(21)31)16-42(15-22-7-9-38-30(12-22)45-2)26-4-3-10-40(19-26)25-5-6-29(37)39-14-25;/h5-7,9,12-14,17,21,24,26H,3-4,8,10-11,15-16,18-20,36H2,1-2H3,(H2,37,39);1H/t21?,24?,26-;/m0./s1. The Morgan fingerprint density at radius 1 is 1.11 bits per heavy atom. The average Bonchev–Trinajstić information content (AvgIpc) is 3.49. The maximum atomic E-state index is 15.9. The summed E-state index contributed by atoms with van der Waals surface area (Å²) < 4.78 is 29.6. The van der Waals surface area contributed by atoms with Gasteiger partial charge in [-0.15, -0.1) is 12.4 Å². The summed E-state index contributed by atoms with van der Waals surface area (Å²) in [4.78, 5) is 29.5. The molecule has 0 bridgehead atoms. The van der Waals surface area contributed by atoms with Crippen LogP contribution in [0, 0.1) is 5.82 Å². The first-order chi connectivity index (χ1) is 22.3. The van der Waals surface area contributed by atoms with Crippen LogP contribution in [0.4, 0.5) is 21.6 Å². The van der Waals surface area contributed by atoms with Gasteiger partial charge in [-0.2, -0.15) is 0 Å². The number of methoxy groups -OCH3 is 1. The highest BCUT2D eigenvalue weighted by Crippen LogP contribution is 2.43. The lowest BCUT2D eigenvalue weighted by Crippen LogP contribution is -2.48. The highest BCUT2D eigenvalue weighted by Gasteiger charge is 2.33. The lowest BCUT2D eigenvalue weighted by atomic mass is 10.0. The fourth-order valence-electron chi connectivity index (χ4n) is 7.17.